The Hall–Kier alpha value is -1.79. The van der Waals surface area contributed by atoms with Crippen LogP contribution < -0.4 is 15.0 Å². The minimum absolute atomic E-state index is 0.149. The van der Waals surface area contributed by atoms with Crippen molar-refractivity contribution in [3.63, 3.8) is 0 Å². The van der Waals surface area contributed by atoms with Crippen LogP contribution in [0.1, 0.15) is 37.0 Å². The summed E-state index contributed by atoms with van der Waals surface area (Å²) in [5, 5.41) is 3.58. The lowest BCUT2D eigenvalue weighted by Gasteiger charge is -2.45. The first-order valence-electron chi connectivity index (χ1n) is 9.10. The van der Waals surface area contributed by atoms with E-state index in [1.54, 1.807) is 33.0 Å². The molecule has 3 fully saturated rings. The molecule has 1 aromatic carbocycles. The Morgan fingerprint density at radius 2 is 2.00 bits per heavy atom. The van der Waals surface area contributed by atoms with Crippen molar-refractivity contribution in [1.29, 1.82) is 0 Å². The molecule has 1 atom stereocenters. The Bertz CT molecular complexity index is 772. The van der Waals surface area contributed by atoms with E-state index in [1.165, 1.54) is 4.90 Å². The van der Waals surface area contributed by atoms with Crippen molar-refractivity contribution in [2.24, 2.45) is 5.92 Å². The Kier molecular flexibility index (Phi) is 4.15. The van der Waals surface area contributed by atoms with Crippen molar-refractivity contribution in [2.75, 3.05) is 31.6 Å². The highest BCUT2D eigenvalue weighted by atomic mass is 35.5. The van der Waals surface area contributed by atoms with Gasteiger partial charge in [0.05, 0.1) is 11.3 Å². The topological polar surface area (TPSA) is 61.9 Å². The Labute approximate surface area is 158 Å². The number of rotatable bonds is 2. The zero-order valence-corrected chi connectivity index (χ0v) is 16.1. The van der Waals surface area contributed by atoms with Crippen molar-refractivity contribution in [3.8, 4) is 5.75 Å². The van der Waals surface area contributed by atoms with Gasteiger partial charge in [0.25, 0.3) is 11.8 Å². The van der Waals surface area contributed by atoms with E-state index < -0.39 is 5.60 Å². The smallest absolute Gasteiger partial charge is 0.270 e. The molecule has 7 heteroatoms. The summed E-state index contributed by atoms with van der Waals surface area (Å²) in [6, 6.07) is 3.43. The summed E-state index contributed by atoms with van der Waals surface area (Å²) in [6.07, 6.45) is 2.25. The van der Waals surface area contributed by atoms with E-state index >= 15 is 0 Å². The molecule has 4 aliphatic rings. The fourth-order valence-electron chi connectivity index (χ4n) is 4.29. The summed E-state index contributed by atoms with van der Waals surface area (Å²) in [6.45, 7) is 6.54. The van der Waals surface area contributed by atoms with Gasteiger partial charge in [0.2, 0.25) is 0 Å². The molecule has 0 spiro atoms. The lowest BCUT2D eigenvalue weighted by molar-refractivity contribution is -0.132. The predicted molar refractivity (Wildman–Crippen MR) is 100.0 cm³/mol. The van der Waals surface area contributed by atoms with Crippen molar-refractivity contribution in [1.82, 2.24) is 10.2 Å². The van der Waals surface area contributed by atoms with Crippen LogP contribution in [0.25, 0.3) is 0 Å². The number of hydrogen-bond acceptors (Lipinski definition) is 4. The van der Waals surface area contributed by atoms with Crippen molar-refractivity contribution >= 4 is 29.1 Å². The maximum absolute atomic E-state index is 13.0. The van der Waals surface area contributed by atoms with Gasteiger partial charge in [-0.05, 0) is 57.8 Å². The van der Waals surface area contributed by atoms with Gasteiger partial charge in [-0.2, -0.15) is 0 Å². The first-order valence-corrected chi connectivity index (χ1v) is 9.48. The number of halogens is 1. The van der Waals surface area contributed by atoms with Gasteiger partial charge < -0.3 is 19.9 Å². The van der Waals surface area contributed by atoms with E-state index in [0.717, 1.165) is 32.5 Å². The minimum Gasteiger partial charge on any atom is -0.475 e. The molecule has 140 valence electrons. The van der Waals surface area contributed by atoms with Crippen LogP contribution >= 0.6 is 11.6 Å². The highest BCUT2D eigenvalue weighted by Gasteiger charge is 2.42. The van der Waals surface area contributed by atoms with Crippen LogP contribution in [0.4, 0.5) is 5.69 Å². The third-order valence-electron chi connectivity index (χ3n) is 5.79. The summed E-state index contributed by atoms with van der Waals surface area (Å²) < 4.78 is 5.94. The number of nitrogens with one attached hydrogen (secondary N) is 1. The monoisotopic (exact) mass is 377 g/mol. The van der Waals surface area contributed by atoms with Crippen LogP contribution in [-0.4, -0.2) is 55.0 Å². The normalized spacial score (nSPS) is 29.2. The van der Waals surface area contributed by atoms with E-state index in [9.17, 15) is 9.59 Å². The van der Waals surface area contributed by atoms with E-state index in [4.69, 9.17) is 16.3 Å². The number of carbonyl (C=O) groups excluding carboxylic acids is 2. The van der Waals surface area contributed by atoms with E-state index in [2.05, 4.69) is 10.2 Å². The first-order chi connectivity index (χ1) is 12.3. The largest absolute Gasteiger partial charge is 0.475 e. The summed E-state index contributed by atoms with van der Waals surface area (Å²) in [7, 11) is 1.68. The number of ether oxygens (including phenoxy) is 1. The highest BCUT2D eigenvalue weighted by molar-refractivity contribution is 6.31. The number of nitrogens with zero attached hydrogens (tertiary/aromatic N) is 2. The van der Waals surface area contributed by atoms with Crippen molar-refractivity contribution in [2.45, 2.75) is 38.3 Å². The second kappa shape index (κ2) is 6.13. The van der Waals surface area contributed by atoms with Gasteiger partial charge in [-0.3, -0.25) is 9.59 Å². The number of benzene rings is 1. The van der Waals surface area contributed by atoms with E-state index in [1.807, 2.05) is 0 Å². The Balaban J connectivity index is 1.66. The van der Waals surface area contributed by atoms with Crippen LogP contribution in [0.15, 0.2) is 12.1 Å². The second-order valence-electron chi connectivity index (χ2n) is 8.00. The number of carbonyl (C=O) groups is 2. The number of amides is 2. The minimum atomic E-state index is -1.03. The molecule has 0 aliphatic carbocycles. The quantitative estimate of drug-likeness (QED) is 0.859. The molecule has 1 aromatic rings. The van der Waals surface area contributed by atoms with Gasteiger partial charge >= 0.3 is 0 Å². The van der Waals surface area contributed by atoms with Gasteiger partial charge in [-0.25, -0.2) is 0 Å². The Morgan fingerprint density at radius 3 is 2.62 bits per heavy atom. The fourth-order valence-corrected chi connectivity index (χ4v) is 4.50. The van der Waals surface area contributed by atoms with Crippen LogP contribution in [0.3, 0.4) is 0 Å². The SMILES string of the molecule is CN1C(=O)C(C)(C)Oc2c(C(=O)NC3CN4CCC3CC4)cc(Cl)cc21. The average Bonchev–Trinajstić information content (AvgIpc) is 2.61. The summed E-state index contributed by atoms with van der Waals surface area (Å²) in [5.74, 6) is 0.581. The van der Waals surface area contributed by atoms with Crippen LogP contribution in [-0.2, 0) is 4.79 Å². The number of anilines is 1. The van der Waals surface area contributed by atoms with E-state index in [0.29, 0.717) is 27.9 Å². The fraction of sp³-hybridized carbons (Fsp3) is 0.579. The Morgan fingerprint density at radius 1 is 1.31 bits per heavy atom. The van der Waals surface area contributed by atoms with Gasteiger partial charge in [0.15, 0.2) is 11.4 Å². The van der Waals surface area contributed by atoms with Crippen molar-refractivity contribution < 1.29 is 14.3 Å². The van der Waals surface area contributed by atoms with Crippen LogP contribution in [0, 0.1) is 5.92 Å². The molecule has 0 radical (unpaired) electrons. The van der Waals surface area contributed by atoms with Crippen LogP contribution in [0.2, 0.25) is 5.02 Å². The summed E-state index contributed by atoms with van der Waals surface area (Å²) in [5.41, 5.74) is -0.113. The molecule has 5 rings (SSSR count). The standard InChI is InChI=1S/C19H24ClN3O3/c1-19(2)18(25)22(3)15-9-12(20)8-13(16(15)26-19)17(24)21-14-10-23-6-4-11(14)5-7-23/h8-9,11,14H,4-7,10H2,1-3H3,(H,21,24). The lowest BCUT2D eigenvalue weighted by Crippen LogP contribution is -2.57. The average molecular weight is 378 g/mol. The van der Waals surface area contributed by atoms with Crippen LogP contribution in [0.5, 0.6) is 5.75 Å². The number of fused-ring (bicyclic) bond motifs is 4. The van der Waals surface area contributed by atoms with Crippen molar-refractivity contribution in [3.05, 3.63) is 22.7 Å². The molecule has 2 amide bonds. The molecule has 4 heterocycles. The molecule has 3 saturated heterocycles. The summed E-state index contributed by atoms with van der Waals surface area (Å²) in [4.78, 5) is 29.4. The molecule has 1 N–H and O–H groups in total. The zero-order chi connectivity index (χ0) is 18.6. The van der Waals surface area contributed by atoms with Gasteiger partial charge in [-0.1, -0.05) is 11.6 Å². The molecule has 0 aromatic heterocycles. The molecular weight excluding hydrogens is 354 g/mol. The third kappa shape index (κ3) is 2.85. The second-order valence-corrected chi connectivity index (χ2v) is 8.43. The maximum atomic E-state index is 13.0. The molecule has 2 bridgehead atoms. The lowest BCUT2D eigenvalue weighted by atomic mass is 9.84. The first kappa shape index (κ1) is 17.6. The highest BCUT2D eigenvalue weighted by Crippen LogP contribution is 2.42. The molecule has 6 nitrogen and oxygen atoms in total. The zero-order valence-electron chi connectivity index (χ0n) is 15.3. The number of hydrogen-bond donors (Lipinski definition) is 1. The molecule has 4 aliphatic heterocycles. The molecule has 1 unspecified atom stereocenters. The third-order valence-corrected chi connectivity index (χ3v) is 6.01. The summed E-state index contributed by atoms with van der Waals surface area (Å²) >= 11 is 6.23. The predicted octanol–water partition coefficient (Wildman–Crippen LogP) is 2.30. The number of likely N-dealkylation sites (N-methyl/N-ethyl adjacent to an activating group) is 1. The molecule has 0 saturated carbocycles. The maximum Gasteiger partial charge on any atom is 0.270 e. The molecular formula is C19H24ClN3O3. The van der Waals surface area contributed by atoms with Gasteiger partial charge in [-0.15, -0.1) is 0 Å². The van der Waals surface area contributed by atoms with Gasteiger partial charge in [0, 0.05) is 24.7 Å². The number of piperidine rings is 3. The molecule has 26 heavy (non-hydrogen) atoms. The van der Waals surface area contributed by atoms with Gasteiger partial charge in [0.1, 0.15) is 0 Å². The van der Waals surface area contributed by atoms with E-state index in [-0.39, 0.29) is 17.9 Å².